The number of phenolic OH excluding ortho intramolecular Hbond substituents is 1. The maximum absolute atomic E-state index is 12.1. The van der Waals surface area contributed by atoms with Gasteiger partial charge >= 0.3 is 0 Å². The summed E-state index contributed by atoms with van der Waals surface area (Å²) in [6.45, 7) is 1.93. The summed E-state index contributed by atoms with van der Waals surface area (Å²) < 4.78 is 0.669. The van der Waals surface area contributed by atoms with E-state index in [4.69, 9.17) is 0 Å². The van der Waals surface area contributed by atoms with Crippen molar-refractivity contribution in [2.75, 3.05) is 0 Å². The predicted octanol–water partition coefficient (Wildman–Crippen LogP) is 3.28. The number of ketones is 1. The second-order valence-corrected chi connectivity index (χ2v) is 4.94. The largest absolute Gasteiger partial charge is 0.508 e. The molecule has 0 amide bonds. The Balaban J connectivity index is 2.27. The zero-order valence-corrected chi connectivity index (χ0v) is 11.4. The van der Waals surface area contributed by atoms with E-state index in [1.54, 1.807) is 24.5 Å². The quantitative estimate of drug-likeness (QED) is 0.885. The first kappa shape index (κ1) is 12.8. The van der Waals surface area contributed by atoms with Crippen LogP contribution in [0.2, 0.25) is 0 Å². The molecule has 0 atom stereocenters. The van der Waals surface area contributed by atoms with Crippen molar-refractivity contribution in [1.29, 1.82) is 0 Å². The molecule has 92 valence electrons. The maximum atomic E-state index is 12.1. The molecule has 0 aliphatic carbocycles. The van der Waals surface area contributed by atoms with Gasteiger partial charge in [-0.25, -0.2) is 0 Å². The molecule has 0 saturated heterocycles. The van der Waals surface area contributed by atoms with Crippen molar-refractivity contribution in [3.05, 3.63) is 57.8 Å². The fraction of sp³-hybridized carbons (Fsp3) is 0.143. The van der Waals surface area contributed by atoms with Crippen molar-refractivity contribution in [1.82, 2.24) is 4.98 Å². The standard InChI is InChI=1S/C14H12BrNO2/c1-9-2-3-13(17)10(6-9)7-14(18)11-4-5-16-8-12(11)15/h2-6,8,17H,7H2,1H3. The highest BCUT2D eigenvalue weighted by molar-refractivity contribution is 9.10. The topological polar surface area (TPSA) is 50.2 Å². The Hall–Kier alpha value is -1.68. The molecule has 1 heterocycles. The van der Waals surface area contributed by atoms with Crippen LogP contribution in [0.3, 0.4) is 0 Å². The van der Waals surface area contributed by atoms with Gasteiger partial charge in [-0.15, -0.1) is 0 Å². The Kier molecular flexibility index (Phi) is 3.77. The number of hydrogen-bond acceptors (Lipinski definition) is 3. The van der Waals surface area contributed by atoms with E-state index in [2.05, 4.69) is 20.9 Å². The summed E-state index contributed by atoms with van der Waals surface area (Å²) >= 11 is 3.30. The second-order valence-electron chi connectivity index (χ2n) is 4.09. The van der Waals surface area contributed by atoms with Gasteiger partial charge in [0.05, 0.1) is 0 Å². The van der Waals surface area contributed by atoms with Gasteiger partial charge in [-0.1, -0.05) is 17.7 Å². The molecule has 0 bridgehead atoms. The molecular weight excluding hydrogens is 294 g/mol. The first-order valence-corrected chi connectivity index (χ1v) is 6.28. The predicted molar refractivity (Wildman–Crippen MR) is 72.8 cm³/mol. The van der Waals surface area contributed by atoms with Gasteiger partial charge in [0.15, 0.2) is 5.78 Å². The fourth-order valence-electron chi connectivity index (χ4n) is 1.73. The summed E-state index contributed by atoms with van der Waals surface area (Å²) in [6, 6.07) is 6.91. The summed E-state index contributed by atoms with van der Waals surface area (Å²) in [4.78, 5) is 16.0. The minimum Gasteiger partial charge on any atom is -0.508 e. The van der Waals surface area contributed by atoms with Crippen LogP contribution in [-0.2, 0) is 6.42 Å². The first-order valence-electron chi connectivity index (χ1n) is 5.49. The number of aromatic nitrogens is 1. The first-order chi connectivity index (χ1) is 8.58. The number of aryl methyl sites for hydroxylation is 1. The summed E-state index contributed by atoms with van der Waals surface area (Å²) in [6.07, 6.45) is 3.34. The highest BCUT2D eigenvalue weighted by atomic mass is 79.9. The van der Waals surface area contributed by atoms with E-state index in [9.17, 15) is 9.90 Å². The van der Waals surface area contributed by atoms with Crippen molar-refractivity contribution in [2.45, 2.75) is 13.3 Å². The minimum atomic E-state index is -0.0508. The van der Waals surface area contributed by atoms with E-state index in [1.165, 1.54) is 0 Å². The maximum Gasteiger partial charge on any atom is 0.168 e. The molecule has 0 spiro atoms. The number of rotatable bonds is 3. The Bertz CT molecular complexity index is 596. The van der Waals surface area contributed by atoms with Crippen LogP contribution >= 0.6 is 15.9 Å². The van der Waals surface area contributed by atoms with Crippen LogP contribution in [0.5, 0.6) is 5.75 Å². The number of aromatic hydroxyl groups is 1. The van der Waals surface area contributed by atoms with Gasteiger partial charge in [0.2, 0.25) is 0 Å². The normalized spacial score (nSPS) is 10.3. The number of nitrogens with zero attached hydrogens (tertiary/aromatic N) is 1. The van der Waals surface area contributed by atoms with E-state index < -0.39 is 0 Å². The molecule has 18 heavy (non-hydrogen) atoms. The molecule has 0 radical (unpaired) electrons. The van der Waals surface area contributed by atoms with Crippen LogP contribution in [-0.4, -0.2) is 15.9 Å². The highest BCUT2D eigenvalue weighted by Crippen LogP contribution is 2.22. The van der Waals surface area contributed by atoms with Crippen LogP contribution in [0.1, 0.15) is 21.5 Å². The lowest BCUT2D eigenvalue weighted by Crippen LogP contribution is -2.05. The molecule has 1 aromatic carbocycles. The van der Waals surface area contributed by atoms with Crippen LogP contribution in [0.25, 0.3) is 0 Å². The van der Waals surface area contributed by atoms with E-state index in [0.717, 1.165) is 5.56 Å². The van der Waals surface area contributed by atoms with Crippen LogP contribution in [0.4, 0.5) is 0 Å². The summed E-state index contributed by atoms with van der Waals surface area (Å²) in [7, 11) is 0. The molecular formula is C14H12BrNO2. The van der Waals surface area contributed by atoms with Crippen molar-refractivity contribution in [2.24, 2.45) is 0 Å². The van der Waals surface area contributed by atoms with Crippen LogP contribution in [0.15, 0.2) is 41.1 Å². The SMILES string of the molecule is Cc1ccc(O)c(CC(=O)c2ccncc2Br)c1. The van der Waals surface area contributed by atoms with E-state index in [1.807, 2.05) is 19.1 Å². The third-order valence-electron chi connectivity index (χ3n) is 2.66. The zero-order valence-electron chi connectivity index (χ0n) is 9.85. The number of pyridine rings is 1. The smallest absolute Gasteiger partial charge is 0.168 e. The number of phenols is 1. The fourth-order valence-corrected chi connectivity index (χ4v) is 2.20. The number of carbonyl (C=O) groups excluding carboxylic acids is 1. The monoisotopic (exact) mass is 305 g/mol. The van der Waals surface area contributed by atoms with Gasteiger partial charge < -0.3 is 5.11 Å². The van der Waals surface area contributed by atoms with Gasteiger partial charge in [-0.2, -0.15) is 0 Å². The third-order valence-corrected chi connectivity index (χ3v) is 3.29. The molecule has 0 fully saturated rings. The van der Waals surface area contributed by atoms with E-state index >= 15 is 0 Å². The number of carbonyl (C=O) groups is 1. The van der Waals surface area contributed by atoms with E-state index in [-0.39, 0.29) is 18.0 Å². The molecule has 4 heteroatoms. The number of halogens is 1. The Morgan fingerprint density at radius 3 is 2.89 bits per heavy atom. The molecule has 1 N–H and O–H groups in total. The van der Waals surface area contributed by atoms with Gasteiger partial charge in [0, 0.05) is 34.4 Å². The lowest BCUT2D eigenvalue weighted by Gasteiger charge is -2.06. The third kappa shape index (κ3) is 2.76. The Labute approximate surface area is 114 Å². The lowest BCUT2D eigenvalue weighted by atomic mass is 10.0. The van der Waals surface area contributed by atoms with Gasteiger partial charge in [-0.05, 0) is 35.0 Å². The molecule has 2 rings (SSSR count). The summed E-state index contributed by atoms with van der Waals surface area (Å²) in [5.74, 6) is 0.101. The molecule has 2 aromatic rings. The molecule has 0 aliphatic rings. The zero-order chi connectivity index (χ0) is 13.1. The minimum absolute atomic E-state index is 0.0508. The average Bonchev–Trinajstić information content (AvgIpc) is 2.34. The highest BCUT2D eigenvalue weighted by Gasteiger charge is 2.13. The molecule has 0 saturated carbocycles. The number of Topliss-reactive ketones (excluding diaryl/α,β-unsaturated/α-hetero) is 1. The lowest BCUT2D eigenvalue weighted by molar-refractivity contribution is 0.0991. The molecule has 0 aliphatic heterocycles. The van der Waals surface area contributed by atoms with Gasteiger partial charge in [0.1, 0.15) is 5.75 Å². The van der Waals surface area contributed by atoms with Gasteiger partial charge in [0.25, 0.3) is 0 Å². The Morgan fingerprint density at radius 2 is 2.17 bits per heavy atom. The van der Waals surface area contributed by atoms with Crippen LogP contribution < -0.4 is 0 Å². The van der Waals surface area contributed by atoms with Crippen molar-refractivity contribution in [3.8, 4) is 5.75 Å². The van der Waals surface area contributed by atoms with Crippen molar-refractivity contribution < 1.29 is 9.90 Å². The molecule has 0 unspecified atom stereocenters. The summed E-state index contributed by atoms with van der Waals surface area (Å²) in [5.41, 5.74) is 2.24. The van der Waals surface area contributed by atoms with Crippen LogP contribution in [0, 0.1) is 6.92 Å². The molecule has 3 nitrogen and oxygen atoms in total. The molecule has 1 aromatic heterocycles. The van der Waals surface area contributed by atoms with Gasteiger partial charge in [-0.3, -0.25) is 9.78 Å². The van der Waals surface area contributed by atoms with E-state index in [0.29, 0.717) is 15.6 Å². The number of hydrogen-bond donors (Lipinski definition) is 1. The average molecular weight is 306 g/mol. The summed E-state index contributed by atoms with van der Waals surface area (Å²) in [5, 5.41) is 9.72. The Morgan fingerprint density at radius 1 is 1.39 bits per heavy atom. The second kappa shape index (κ2) is 5.31. The number of benzene rings is 1. The van der Waals surface area contributed by atoms with Crippen molar-refractivity contribution >= 4 is 21.7 Å². The van der Waals surface area contributed by atoms with Crippen molar-refractivity contribution in [3.63, 3.8) is 0 Å².